The van der Waals surface area contributed by atoms with Crippen molar-refractivity contribution in [1.82, 2.24) is 9.88 Å². The summed E-state index contributed by atoms with van der Waals surface area (Å²) in [5, 5.41) is 5.38. The summed E-state index contributed by atoms with van der Waals surface area (Å²) in [6.45, 7) is 7.05. The lowest BCUT2D eigenvalue weighted by Gasteiger charge is -2.15. The van der Waals surface area contributed by atoms with Crippen molar-refractivity contribution in [3.05, 3.63) is 35.2 Å². The van der Waals surface area contributed by atoms with Crippen LogP contribution in [0.1, 0.15) is 38.6 Å². The molecule has 0 aliphatic carbocycles. The van der Waals surface area contributed by atoms with Gasteiger partial charge in [-0.1, -0.05) is 20.8 Å². The molecular formula is C17H21N3O3S. The van der Waals surface area contributed by atoms with Gasteiger partial charge in [-0.3, -0.25) is 9.59 Å². The zero-order valence-corrected chi connectivity index (χ0v) is 14.9. The molecule has 0 spiro atoms. The number of nitrogens with one attached hydrogen (secondary N) is 1. The highest BCUT2D eigenvalue weighted by Gasteiger charge is 2.35. The van der Waals surface area contributed by atoms with Gasteiger partial charge in [0.2, 0.25) is 11.8 Å². The number of aromatic nitrogens is 1. The molecule has 6 nitrogen and oxygen atoms in total. The molecule has 0 saturated carbocycles. The number of rotatable bonds is 4. The quantitative estimate of drug-likeness (QED) is 0.922. The van der Waals surface area contributed by atoms with E-state index in [1.54, 1.807) is 17.2 Å². The van der Waals surface area contributed by atoms with E-state index in [1.165, 1.54) is 11.3 Å². The maximum Gasteiger partial charge on any atom is 0.231 e. The van der Waals surface area contributed by atoms with E-state index in [4.69, 9.17) is 4.42 Å². The van der Waals surface area contributed by atoms with Crippen LogP contribution in [0.5, 0.6) is 0 Å². The van der Waals surface area contributed by atoms with Gasteiger partial charge in [-0.15, -0.1) is 11.3 Å². The van der Waals surface area contributed by atoms with Crippen molar-refractivity contribution in [2.75, 3.05) is 11.9 Å². The number of thiazole rings is 1. The minimum Gasteiger partial charge on any atom is -0.467 e. The van der Waals surface area contributed by atoms with Gasteiger partial charge in [-0.25, -0.2) is 4.98 Å². The van der Waals surface area contributed by atoms with E-state index in [0.29, 0.717) is 18.2 Å². The minimum absolute atomic E-state index is 0.0268. The third kappa shape index (κ3) is 3.67. The molecule has 128 valence electrons. The molecule has 2 amide bonds. The van der Waals surface area contributed by atoms with Crippen LogP contribution >= 0.6 is 11.3 Å². The number of carbonyl (C=O) groups excluding carboxylic acids is 2. The molecule has 3 heterocycles. The topological polar surface area (TPSA) is 75.4 Å². The van der Waals surface area contributed by atoms with Gasteiger partial charge in [0.1, 0.15) is 5.76 Å². The lowest BCUT2D eigenvalue weighted by molar-refractivity contribution is -0.128. The summed E-state index contributed by atoms with van der Waals surface area (Å²) in [6.07, 6.45) is 1.80. The van der Waals surface area contributed by atoms with Crippen LogP contribution in [-0.2, 0) is 21.5 Å². The summed E-state index contributed by atoms with van der Waals surface area (Å²) in [6, 6.07) is 3.61. The fourth-order valence-corrected chi connectivity index (χ4v) is 3.51. The Hall–Kier alpha value is -2.15. The first-order chi connectivity index (χ1) is 11.3. The Morgan fingerprint density at radius 1 is 1.50 bits per heavy atom. The predicted molar refractivity (Wildman–Crippen MR) is 91.7 cm³/mol. The zero-order chi connectivity index (χ0) is 17.3. The number of anilines is 1. The summed E-state index contributed by atoms with van der Waals surface area (Å²) in [5.74, 6) is 0.190. The number of amides is 2. The van der Waals surface area contributed by atoms with E-state index in [2.05, 4.69) is 31.1 Å². The minimum atomic E-state index is -0.352. The number of hydrogen-bond acceptors (Lipinski definition) is 5. The van der Waals surface area contributed by atoms with Crippen LogP contribution in [0.2, 0.25) is 0 Å². The second-order valence-electron chi connectivity index (χ2n) is 7.03. The first-order valence-electron chi connectivity index (χ1n) is 7.90. The van der Waals surface area contributed by atoms with Crippen LogP contribution in [0.15, 0.2) is 28.2 Å². The van der Waals surface area contributed by atoms with Crippen molar-refractivity contribution in [3.63, 3.8) is 0 Å². The zero-order valence-electron chi connectivity index (χ0n) is 14.0. The summed E-state index contributed by atoms with van der Waals surface area (Å²) in [4.78, 5) is 30.6. The number of likely N-dealkylation sites (tertiary alicyclic amines) is 1. The normalized spacial score (nSPS) is 18.2. The molecule has 24 heavy (non-hydrogen) atoms. The lowest BCUT2D eigenvalue weighted by atomic mass is 9.93. The average molecular weight is 347 g/mol. The molecule has 1 saturated heterocycles. The Labute approximate surface area is 144 Å². The van der Waals surface area contributed by atoms with Gasteiger partial charge in [0.25, 0.3) is 0 Å². The summed E-state index contributed by atoms with van der Waals surface area (Å²) >= 11 is 1.41. The van der Waals surface area contributed by atoms with Crippen molar-refractivity contribution in [3.8, 4) is 0 Å². The highest BCUT2D eigenvalue weighted by molar-refractivity contribution is 7.13. The molecule has 0 bridgehead atoms. The maximum atomic E-state index is 12.4. The molecule has 7 heteroatoms. The van der Waals surface area contributed by atoms with Gasteiger partial charge >= 0.3 is 0 Å². The Balaban J connectivity index is 1.60. The third-order valence-corrected chi connectivity index (χ3v) is 4.77. The third-order valence-electron chi connectivity index (χ3n) is 4.01. The Bertz CT molecular complexity index is 731. The smallest absolute Gasteiger partial charge is 0.231 e. The molecule has 1 atom stereocenters. The van der Waals surface area contributed by atoms with Crippen LogP contribution in [0.25, 0.3) is 0 Å². The summed E-state index contributed by atoms with van der Waals surface area (Å²) < 4.78 is 5.27. The molecule has 1 fully saturated rings. The van der Waals surface area contributed by atoms with E-state index in [1.807, 2.05) is 11.4 Å². The highest BCUT2D eigenvalue weighted by Crippen LogP contribution is 2.27. The lowest BCUT2D eigenvalue weighted by Crippen LogP contribution is -2.28. The molecule has 1 aliphatic heterocycles. The van der Waals surface area contributed by atoms with Gasteiger partial charge in [-0.05, 0) is 12.1 Å². The summed E-state index contributed by atoms with van der Waals surface area (Å²) in [7, 11) is 0. The van der Waals surface area contributed by atoms with Crippen molar-refractivity contribution < 1.29 is 14.0 Å². The number of furan rings is 1. The Morgan fingerprint density at radius 2 is 2.29 bits per heavy atom. The molecule has 0 unspecified atom stereocenters. The molecule has 0 aromatic carbocycles. The molecule has 1 aliphatic rings. The molecule has 1 N–H and O–H groups in total. The second kappa shape index (κ2) is 6.39. The van der Waals surface area contributed by atoms with Crippen molar-refractivity contribution in [2.24, 2.45) is 5.92 Å². The van der Waals surface area contributed by atoms with Gasteiger partial charge in [-0.2, -0.15) is 0 Å². The molecular weight excluding hydrogens is 326 g/mol. The monoisotopic (exact) mass is 347 g/mol. The van der Waals surface area contributed by atoms with E-state index in [0.717, 1.165) is 11.5 Å². The van der Waals surface area contributed by atoms with Crippen LogP contribution in [0, 0.1) is 5.92 Å². The fourth-order valence-electron chi connectivity index (χ4n) is 2.57. The van der Waals surface area contributed by atoms with Crippen molar-refractivity contribution >= 4 is 28.3 Å². The Morgan fingerprint density at radius 3 is 2.92 bits per heavy atom. The van der Waals surface area contributed by atoms with Crippen LogP contribution < -0.4 is 5.32 Å². The maximum absolute atomic E-state index is 12.4. The average Bonchev–Trinajstić information content (AvgIpc) is 3.21. The number of carbonyl (C=O) groups is 2. The first-order valence-corrected chi connectivity index (χ1v) is 8.78. The second-order valence-corrected chi connectivity index (χ2v) is 7.89. The highest BCUT2D eigenvalue weighted by atomic mass is 32.1. The van der Waals surface area contributed by atoms with Gasteiger partial charge in [0.15, 0.2) is 5.13 Å². The van der Waals surface area contributed by atoms with Gasteiger partial charge in [0, 0.05) is 23.8 Å². The van der Waals surface area contributed by atoms with Gasteiger partial charge < -0.3 is 14.6 Å². The van der Waals surface area contributed by atoms with Crippen LogP contribution in [-0.4, -0.2) is 28.2 Å². The van der Waals surface area contributed by atoms with E-state index in [-0.39, 0.29) is 29.6 Å². The van der Waals surface area contributed by atoms with Crippen LogP contribution in [0.3, 0.4) is 0 Å². The number of nitrogens with zero attached hydrogens (tertiary/aromatic N) is 2. The van der Waals surface area contributed by atoms with Crippen LogP contribution in [0.4, 0.5) is 5.13 Å². The molecule has 2 aromatic rings. The molecule has 3 rings (SSSR count). The summed E-state index contributed by atoms with van der Waals surface area (Å²) in [5.41, 5.74) is 0.896. The Kier molecular flexibility index (Phi) is 4.45. The fraction of sp³-hybridized carbons (Fsp3) is 0.471. The standard InChI is InChI=1S/C17H21N3O3S/c1-17(2,3)13-10-24-16(18-13)19-15(22)11-7-14(21)20(8-11)9-12-5-4-6-23-12/h4-6,10-11H,7-9H2,1-3H3,(H,18,19,22)/t11-/m0/s1. The van der Waals surface area contributed by atoms with Crippen molar-refractivity contribution in [1.29, 1.82) is 0 Å². The SMILES string of the molecule is CC(C)(C)c1csc(NC(=O)[C@H]2CC(=O)N(Cc3ccco3)C2)n1. The van der Waals surface area contributed by atoms with E-state index < -0.39 is 0 Å². The van der Waals surface area contributed by atoms with Crippen molar-refractivity contribution in [2.45, 2.75) is 39.2 Å². The molecule has 2 aromatic heterocycles. The van der Waals surface area contributed by atoms with Gasteiger partial charge in [0.05, 0.1) is 24.4 Å². The van der Waals surface area contributed by atoms with E-state index >= 15 is 0 Å². The van der Waals surface area contributed by atoms with E-state index in [9.17, 15) is 9.59 Å². The first kappa shape index (κ1) is 16.7. The number of hydrogen-bond donors (Lipinski definition) is 1. The predicted octanol–water partition coefficient (Wildman–Crippen LogP) is 3.02. The largest absolute Gasteiger partial charge is 0.467 e. The molecule has 0 radical (unpaired) electrons.